The van der Waals surface area contributed by atoms with Crippen LogP contribution in [-0.2, 0) is 0 Å². The fourth-order valence-electron chi connectivity index (χ4n) is 0.834. The minimum Gasteiger partial charge on any atom is -0.337 e. The van der Waals surface area contributed by atoms with Crippen LogP contribution in [-0.4, -0.2) is 25.6 Å². The molecule has 0 saturated heterocycles. The van der Waals surface area contributed by atoms with Gasteiger partial charge in [0.05, 0.1) is 12.2 Å². The van der Waals surface area contributed by atoms with Crippen molar-refractivity contribution in [3.05, 3.63) is 12.1 Å². The third-order valence-corrected chi connectivity index (χ3v) is 1.48. The monoisotopic (exact) mass is 180 g/mol. The van der Waals surface area contributed by atoms with Gasteiger partial charge in [-0.05, 0) is 6.92 Å². The third kappa shape index (κ3) is 1.41. The number of aromatic nitrogens is 5. The van der Waals surface area contributed by atoms with Gasteiger partial charge in [0.25, 0.3) is 0 Å². The second-order valence-corrected chi connectivity index (χ2v) is 2.60. The van der Waals surface area contributed by atoms with Crippen molar-refractivity contribution in [2.45, 2.75) is 13.0 Å². The van der Waals surface area contributed by atoms with Gasteiger partial charge >= 0.3 is 0 Å². The molecule has 13 heavy (non-hydrogen) atoms. The number of hydrogen-bond acceptors (Lipinski definition) is 6. The van der Waals surface area contributed by atoms with Gasteiger partial charge in [0.2, 0.25) is 11.7 Å². The Labute approximate surface area is 73.3 Å². The van der Waals surface area contributed by atoms with Crippen LogP contribution >= 0.6 is 0 Å². The van der Waals surface area contributed by atoms with Crippen molar-refractivity contribution in [3.63, 3.8) is 0 Å². The summed E-state index contributed by atoms with van der Waals surface area (Å²) in [4.78, 5) is 4.03. The number of rotatable bonds is 2. The first-order valence-corrected chi connectivity index (χ1v) is 3.72. The highest BCUT2D eigenvalue weighted by Gasteiger charge is 2.12. The lowest BCUT2D eigenvalue weighted by Crippen LogP contribution is -2.04. The van der Waals surface area contributed by atoms with Crippen molar-refractivity contribution in [3.8, 4) is 11.5 Å². The molecule has 0 aromatic carbocycles. The number of hydrogen-bond donors (Lipinski definition) is 2. The molecule has 0 saturated carbocycles. The van der Waals surface area contributed by atoms with Crippen molar-refractivity contribution >= 4 is 0 Å². The van der Waals surface area contributed by atoms with E-state index in [-0.39, 0.29) is 6.04 Å². The minimum atomic E-state index is -0.270. The fraction of sp³-hybridized carbons (Fsp3) is 0.333. The van der Waals surface area contributed by atoms with Crippen molar-refractivity contribution in [1.29, 1.82) is 0 Å². The van der Waals surface area contributed by atoms with Crippen LogP contribution in [0.2, 0.25) is 0 Å². The van der Waals surface area contributed by atoms with Gasteiger partial charge in [-0.3, -0.25) is 0 Å². The van der Waals surface area contributed by atoms with Crippen LogP contribution < -0.4 is 5.73 Å². The number of nitrogens with one attached hydrogen (secondary N) is 1. The number of aromatic amines is 1. The Hall–Kier alpha value is -1.76. The van der Waals surface area contributed by atoms with Crippen LogP contribution in [0.3, 0.4) is 0 Å². The molecule has 0 bridgehead atoms. The molecular formula is C6H8N6O. The van der Waals surface area contributed by atoms with Gasteiger partial charge in [0, 0.05) is 0 Å². The number of H-pyrrole nitrogens is 1. The predicted octanol–water partition coefficient (Wildman–Crippen LogP) is -0.126. The molecule has 0 fully saturated rings. The van der Waals surface area contributed by atoms with E-state index in [1.807, 2.05) is 0 Å². The van der Waals surface area contributed by atoms with Crippen LogP contribution in [0.25, 0.3) is 11.5 Å². The summed E-state index contributed by atoms with van der Waals surface area (Å²) >= 11 is 0. The summed E-state index contributed by atoms with van der Waals surface area (Å²) in [5.74, 6) is 0.777. The first-order chi connectivity index (χ1) is 6.27. The van der Waals surface area contributed by atoms with Crippen molar-refractivity contribution < 1.29 is 4.52 Å². The molecule has 7 heteroatoms. The topological polar surface area (TPSA) is 107 Å². The Morgan fingerprint density at radius 1 is 1.62 bits per heavy atom. The molecule has 1 atom stereocenters. The SMILES string of the molecule is C[C@H](N)c1nc(-c2cn[nH]n2)no1. The average molecular weight is 180 g/mol. The smallest absolute Gasteiger partial charge is 0.243 e. The Bertz CT molecular complexity index is 377. The second-order valence-electron chi connectivity index (χ2n) is 2.60. The lowest BCUT2D eigenvalue weighted by Gasteiger charge is -1.92. The lowest BCUT2D eigenvalue weighted by molar-refractivity contribution is 0.362. The molecule has 0 aliphatic rings. The third-order valence-electron chi connectivity index (χ3n) is 1.48. The normalized spacial score (nSPS) is 13.1. The van der Waals surface area contributed by atoms with E-state index >= 15 is 0 Å². The highest BCUT2D eigenvalue weighted by Crippen LogP contribution is 2.13. The molecule has 2 aromatic rings. The first kappa shape index (κ1) is 7.87. The molecule has 0 unspecified atom stereocenters. The first-order valence-electron chi connectivity index (χ1n) is 3.72. The Balaban J connectivity index is 2.33. The molecule has 2 heterocycles. The molecule has 2 aromatic heterocycles. The molecule has 0 radical (unpaired) electrons. The zero-order valence-corrected chi connectivity index (χ0v) is 6.93. The molecular weight excluding hydrogens is 172 g/mol. The van der Waals surface area contributed by atoms with Gasteiger partial charge in [-0.1, -0.05) is 5.16 Å². The Morgan fingerprint density at radius 3 is 3.00 bits per heavy atom. The highest BCUT2D eigenvalue weighted by molar-refractivity contribution is 5.44. The largest absolute Gasteiger partial charge is 0.337 e. The summed E-state index contributed by atoms with van der Waals surface area (Å²) in [5.41, 5.74) is 6.08. The fourth-order valence-corrected chi connectivity index (χ4v) is 0.834. The molecule has 2 rings (SSSR count). The molecule has 3 N–H and O–H groups in total. The molecule has 0 spiro atoms. The Kier molecular flexibility index (Phi) is 1.78. The minimum absolute atomic E-state index is 0.270. The predicted molar refractivity (Wildman–Crippen MR) is 42.3 cm³/mol. The molecule has 0 aliphatic heterocycles. The molecule has 7 nitrogen and oxygen atoms in total. The molecule has 68 valence electrons. The maximum Gasteiger partial charge on any atom is 0.243 e. The van der Waals surface area contributed by atoms with E-state index in [9.17, 15) is 0 Å². The van der Waals surface area contributed by atoms with Gasteiger partial charge in [-0.15, -0.1) is 0 Å². The van der Waals surface area contributed by atoms with Gasteiger partial charge in [-0.2, -0.15) is 20.4 Å². The number of nitrogens with two attached hydrogens (primary N) is 1. The maximum atomic E-state index is 5.54. The summed E-state index contributed by atoms with van der Waals surface area (Å²) in [5, 5.41) is 13.6. The van der Waals surface area contributed by atoms with E-state index in [1.165, 1.54) is 6.20 Å². The van der Waals surface area contributed by atoms with Crippen molar-refractivity contribution in [2.24, 2.45) is 5.73 Å². The average Bonchev–Trinajstić information content (AvgIpc) is 2.75. The van der Waals surface area contributed by atoms with E-state index in [1.54, 1.807) is 6.92 Å². The van der Waals surface area contributed by atoms with Crippen LogP contribution in [0, 0.1) is 0 Å². The lowest BCUT2D eigenvalue weighted by atomic mass is 10.4. The summed E-state index contributed by atoms with van der Waals surface area (Å²) in [7, 11) is 0. The van der Waals surface area contributed by atoms with Gasteiger partial charge < -0.3 is 10.3 Å². The van der Waals surface area contributed by atoms with E-state index in [0.717, 1.165) is 0 Å². The Morgan fingerprint density at radius 2 is 2.46 bits per heavy atom. The standard InChI is InChI=1S/C6H8N6O/c1-3(7)6-9-5(11-13-6)4-2-8-12-10-4/h2-3H,7H2,1H3,(H,8,10,12)/t3-/m0/s1. The molecule has 0 amide bonds. The molecule has 0 aliphatic carbocycles. The van der Waals surface area contributed by atoms with Crippen molar-refractivity contribution in [2.75, 3.05) is 0 Å². The van der Waals surface area contributed by atoms with E-state index in [0.29, 0.717) is 17.4 Å². The van der Waals surface area contributed by atoms with Crippen LogP contribution in [0.1, 0.15) is 18.9 Å². The van der Waals surface area contributed by atoms with Gasteiger partial charge in [0.15, 0.2) is 5.69 Å². The van der Waals surface area contributed by atoms with E-state index in [4.69, 9.17) is 10.3 Å². The number of nitrogens with zero attached hydrogens (tertiary/aromatic N) is 4. The van der Waals surface area contributed by atoms with Crippen LogP contribution in [0.4, 0.5) is 0 Å². The zero-order chi connectivity index (χ0) is 9.26. The maximum absolute atomic E-state index is 5.54. The van der Waals surface area contributed by atoms with Crippen LogP contribution in [0.15, 0.2) is 10.7 Å². The van der Waals surface area contributed by atoms with Gasteiger partial charge in [0.1, 0.15) is 0 Å². The summed E-state index contributed by atoms with van der Waals surface area (Å²) in [6.45, 7) is 1.76. The van der Waals surface area contributed by atoms with E-state index in [2.05, 4.69) is 25.6 Å². The zero-order valence-electron chi connectivity index (χ0n) is 6.93. The summed E-state index contributed by atoms with van der Waals surface area (Å²) < 4.78 is 4.88. The van der Waals surface area contributed by atoms with Crippen molar-refractivity contribution in [1.82, 2.24) is 25.6 Å². The van der Waals surface area contributed by atoms with Gasteiger partial charge in [-0.25, -0.2) is 0 Å². The van der Waals surface area contributed by atoms with Crippen LogP contribution in [0.5, 0.6) is 0 Å². The summed E-state index contributed by atoms with van der Waals surface area (Å²) in [6, 6.07) is -0.270. The second kappa shape index (κ2) is 2.94. The van der Waals surface area contributed by atoms with E-state index < -0.39 is 0 Å². The highest BCUT2D eigenvalue weighted by atomic mass is 16.5. The summed E-state index contributed by atoms with van der Waals surface area (Å²) in [6.07, 6.45) is 1.51. The quantitative estimate of drug-likeness (QED) is 0.666.